The standard InChI is InChI=1S/C13H17ClN2O2/c1-8-2-4-10(5-3-8)15-12-7-9(13(17)18)6-11(14)16-12/h6-8,10H,2-5H2,1H3,(H,15,16)(H,17,18). The summed E-state index contributed by atoms with van der Waals surface area (Å²) in [5.41, 5.74) is 0.168. The molecule has 5 heteroatoms. The van der Waals surface area contributed by atoms with Gasteiger partial charge in [-0.3, -0.25) is 0 Å². The van der Waals surface area contributed by atoms with E-state index in [0.29, 0.717) is 11.9 Å². The van der Waals surface area contributed by atoms with Crippen LogP contribution < -0.4 is 5.32 Å². The summed E-state index contributed by atoms with van der Waals surface area (Å²) in [6.45, 7) is 2.26. The number of nitrogens with one attached hydrogen (secondary N) is 1. The van der Waals surface area contributed by atoms with Gasteiger partial charge in [0.15, 0.2) is 0 Å². The maximum atomic E-state index is 10.9. The first-order valence-corrected chi connectivity index (χ1v) is 6.60. The highest BCUT2D eigenvalue weighted by Gasteiger charge is 2.18. The molecule has 18 heavy (non-hydrogen) atoms. The quantitative estimate of drug-likeness (QED) is 0.825. The molecule has 2 rings (SSSR count). The molecule has 0 atom stereocenters. The number of carboxylic acid groups (broad SMARTS) is 1. The Bertz CT molecular complexity index is 443. The number of carboxylic acids is 1. The van der Waals surface area contributed by atoms with Gasteiger partial charge in [-0.1, -0.05) is 18.5 Å². The predicted molar refractivity (Wildman–Crippen MR) is 71.2 cm³/mol. The van der Waals surface area contributed by atoms with Crippen molar-refractivity contribution in [1.29, 1.82) is 0 Å². The van der Waals surface area contributed by atoms with Gasteiger partial charge in [0, 0.05) is 6.04 Å². The van der Waals surface area contributed by atoms with E-state index in [2.05, 4.69) is 17.2 Å². The fourth-order valence-electron chi connectivity index (χ4n) is 2.31. The lowest BCUT2D eigenvalue weighted by Crippen LogP contribution is -2.25. The van der Waals surface area contributed by atoms with Gasteiger partial charge in [0.2, 0.25) is 0 Å². The Balaban J connectivity index is 2.07. The number of anilines is 1. The summed E-state index contributed by atoms with van der Waals surface area (Å²) in [7, 11) is 0. The molecule has 1 aromatic rings. The highest BCUT2D eigenvalue weighted by molar-refractivity contribution is 6.29. The van der Waals surface area contributed by atoms with E-state index in [1.807, 2.05) is 0 Å². The number of pyridine rings is 1. The van der Waals surface area contributed by atoms with Crippen molar-refractivity contribution >= 4 is 23.4 Å². The van der Waals surface area contributed by atoms with E-state index in [0.717, 1.165) is 18.8 Å². The van der Waals surface area contributed by atoms with Crippen molar-refractivity contribution in [2.75, 3.05) is 5.32 Å². The average Bonchev–Trinajstić information content (AvgIpc) is 2.31. The van der Waals surface area contributed by atoms with Crippen LogP contribution in [0, 0.1) is 5.92 Å². The predicted octanol–water partition coefficient (Wildman–Crippen LogP) is 3.42. The van der Waals surface area contributed by atoms with Crippen molar-refractivity contribution in [3.8, 4) is 0 Å². The van der Waals surface area contributed by atoms with E-state index in [1.165, 1.54) is 25.0 Å². The molecule has 1 saturated carbocycles. The minimum absolute atomic E-state index is 0.168. The molecule has 0 bridgehead atoms. The Hall–Kier alpha value is -1.29. The van der Waals surface area contributed by atoms with Crippen LogP contribution in [0.4, 0.5) is 5.82 Å². The molecule has 1 aromatic heterocycles. The third-order valence-electron chi connectivity index (χ3n) is 3.41. The zero-order valence-electron chi connectivity index (χ0n) is 10.3. The summed E-state index contributed by atoms with van der Waals surface area (Å²) >= 11 is 5.82. The molecule has 1 aliphatic rings. The van der Waals surface area contributed by atoms with Gasteiger partial charge in [0.1, 0.15) is 11.0 Å². The van der Waals surface area contributed by atoms with Crippen LogP contribution in [0.2, 0.25) is 5.15 Å². The molecule has 0 unspecified atom stereocenters. The Morgan fingerprint density at radius 2 is 2.06 bits per heavy atom. The smallest absolute Gasteiger partial charge is 0.335 e. The van der Waals surface area contributed by atoms with Crippen molar-refractivity contribution in [3.05, 3.63) is 22.8 Å². The summed E-state index contributed by atoms with van der Waals surface area (Å²) in [5.74, 6) is 0.351. The van der Waals surface area contributed by atoms with Gasteiger partial charge in [-0.25, -0.2) is 9.78 Å². The number of halogens is 1. The minimum atomic E-state index is -0.986. The van der Waals surface area contributed by atoms with Crippen LogP contribution in [0.5, 0.6) is 0 Å². The molecule has 0 aromatic carbocycles. The van der Waals surface area contributed by atoms with E-state index < -0.39 is 5.97 Å². The summed E-state index contributed by atoms with van der Waals surface area (Å²) in [4.78, 5) is 15.0. The van der Waals surface area contributed by atoms with E-state index in [1.54, 1.807) is 0 Å². The SMILES string of the molecule is CC1CCC(Nc2cc(C(=O)O)cc(Cl)n2)CC1. The van der Waals surface area contributed by atoms with Crippen molar-refractivity contribution in [2.45, 2.75) is 38.6 Å². The molecule has 2 N–H and O–H groups in total. The van der Waals surface area contributed by atoms with E-state index in [-0.39, 0.29) is 10.7 Å². The molecule has 0 spiro atoms. The highest BCUT2D eigenvalue weighted by atomic mass is 35.5. The number of hydrogen-bond acceptors (Lipinski definition) is 3. The van der Waals surface area contributed by atoms with Gasteiger partial charge >= 0.3 is 5.97 Å². The third kappa shape index (κ3) is 3.35. The van der Waals surface area contributed by atoms with Crippen LogP contribution in [0.25, 0.3) is 0 Å². The Kier molecular flexibility index (Phi) is 4.07. The fourth-order valence-corrected chi connectivity index (χ4v) is 2.52. The van der Waals surface area contributed by atoms with Crippen LogP contribution in [0.15, 0.2) is 12.1 Å². The molecule has 0 aliphatic heterocycles. The molecule has 1 heterocycles. The molecule has 0 amide bonds. The topological polar surface area (TPSA) is 62.2 Å². The van der Waals surface area contributed by atoms with Gasteiger partial charge in [-0.15, -0.1) is 0 Å². The monoisotopic (exact) mass is 268 g/mol. The lowest BCUT2D eigenvalue weighted by molar-refractivity contribution is 0.0697. The maximum Gasteiger partial charge on any atom is 0.335 e. The van der Waals surface area contributed by atoms with E-state index in [9.17, 15) is 4.79 Å². The fraction of sp³-hybridized carbons (Fsp3) is 0.538. The maximum absolute atomic E-state index is 10.9. The van der Waals surface area contributed by atoms with Gasteiger partial charge < -0.3 is 10.4 Å². The highest BCUT2D eigenvalue weighted by Crippen LogP contribution is 2.26. The summed E-state index contributed by atoms with van der Waals surface area (Å²) in [5, 5.41) is 12.4. The lowest BCUT2D eigenvalue weighted by atomic mass is 9.87. The molecule has 4 nitrogen and oxygen atoms in total. The Morgan fingerprint density at radius 1 is 1.39 bits per heavy atom. The normalized spacial score (nSPS) is 23.7. The first-order valence-electron chi connectivity index (χ1n) is 6.22. The van der Waals surface area contributed by atoms with Crippen LogP contribution >= 0.6 is 11.6 Å². The average molecular weight is 269 g/mol. The summed E-state index contributed by atoms with van der Waals surface area (Å²) in [6, 6.07) is 3.26. The number of carbonyl (C=O) groups is 1. The van der Waals surface area contributed by atoms with Crippen LogP contribution in [0.3, 0.4) is 0 Å². The molecular formula is C13H17ClN2O2. The van der Waals surface area contributed by atoms with Gasteiger partial charge in [0.05, 0.1) is 5.56 Å². The first-order chi connectivity index (χ1) is 8.54. The van der Waals surface area contributed by atoms with Crippen molar-refractivity contribution in [1.82, 2.24) is 4.98 Å². The third-order valence-corrected chi connectivity index (χ3v) is 3.60. The molecule has 1 aliphatic carbocycles. The Morgan fingerprint density at radius 3 is 2.67 bits per heavy atom. The number of aromatic nitrogens is 1. The van der Waals surface area contributed by atoms with E-state index in [4.69, 9.17) is 16.7 Å². The zero-order chi connectivity index (χ0) is 13.1. The van der Waals surface area contributed by atoms with Gasteiger partial charge in [-0.05, 0) is 43.7 Å². The number of rotatable bonds is 3. The lowest BCUT2D eigenvalue weighted by Gasteiger charge is -2.27. The number of nitrogens with zero attached hydrogens (tertiary/aromatic N) is 1. The molecule has 1 fully saturated rings. The molecular weight excluding hydrogens is 252 g/mol. The van der Waals surface area contributed by atoms with E-state index >= 15 is 0 Å². The first kappa shape index (κ1) is 13.1. The Labute approximate surface area is 111 Å². The van der Waals surface area contributed by atoms with Crippen LogP contribution in [-0.2, 0) is 0 Å². The molecule has 0 saturated heterocycles. The van der Waals surface area contributed by atoms with Crippen LogP contribution in [-0.4, -0.2) is 22.1 Å². The van der Waals surface area contributed by atoms with Gasteiger partial charge in [-0.2, -0.15) is 0 Å². The molecule has 98 valence electrons. The number of hydrogen-bond donors (Lipinski definition) is 2. The second kappa shape index (κ2) is 5.57. The second-order valence-corrected chi connectivity index (χ2v) is 5.36. The molecule has 0 radical (unpaired) electrons. The summed E-state index contributed by atoms with van der Waals surface area (Å²) < 4.78 is 0. The van der Waals surface area contributed by atoms with Crippen molar-refractivity contribution < 1.29 is 9.90 Å². The summed E-state index contributed by atoms with van der Waals surface area (Å²) in [6.07, 6.45) is 4.59. The largest absolute Gasteiger partial charge is 0.478 e. The second-order valence-electron chi connectivity index (χ2n) is 4.97. The van der Waals surface area contributed by atoms with Crippen molar-refractivity contribution in [2.24, 2.45) is 5.92 Å². The van der Waals surface area contributed by atoms with Crippen molar-refractivity contribution in [3.63, 3.8) is 0 Å². The zero-order valence-corrected chi connectivity index (χ0v) is 11.1. The van der Waals surface area contributed by atoms with Crippen LogP contribution in [0.1, 0.15) is 43.0 Å². The minimum Gasteiger partial charge on any atom is -0.478 e. The van der Waals surface area contributed by atoms with Gasteiger partial charge in [0.25, 0.3) is 0 Å². The number of aromatic carboxylic acids is 1.